The summed E-state index contributed by atoms with van der Waals surface area (Å²) in [5.74, 6) is 0.00531. The lowest BCUT2D eigenvalue weighted by atomic mass is 10.3. The van der Waals surface area contributed by atoms with Gasteiger partial charge in [0.15, 0.2) is 0 Å². The molecular weight excluding hydrogens is 198 g/mol. The highest BCUT2D eigenvalue weighted by molar-refractivity contribution is 7.99. The first-order valence-electron chi connectivity index (χ1n) is 4.22. The molecule has 0 saturated carbocycles. The highest BCUT2D eigenvalue weighted by Crippen LogP contribution is 2.23. The first kappa shape index (κ1) is 11.0. The van der Waals surface area contributed by atoms with E-state index < -0.39 is 0 Å². The number of thioether (sulfide) groups is 1. The Kier molecular flexibility index (Phi) is 3.91. The molecule has 4 nitrogen and oxygen atoms in total. The number of hydrogen-bond acceptors (Lipinski definition) is 4. The molecule has 1 unspecified atom stereocenters. The Morgan fingerprint density at radius 2 is 2.50 bits per heavy atom. The van der Waals surface area contributed by atoms with E-state index in [2.05, 4.69) is 4.98 Å². The lowest BCUT2D eigenvalue weighted by Gasteiger charge is -2.09. The summed E-state index contributed by atoms with van der Waals surface area (Å²) < 4.78 is 0. The first-order valence-corrected chi connectivity index (χ1v) is 5.10. The van der Waals surface area contributed by atoms with Crippen molar-refractivity contribution in [2.45, 2.75) is 17.2 Å². The van der Waals surface area contributed by atoms with Gasteiger partial charge in [0, 0.05) is 17.0 Å². The summed E-state index contributed by atoms with van der Waals surface area (Å²) in [5, 5.41) is 17.0. The van der Waals surface area contributed by atoms with E-state index in [4.69, 9.17) is 16.2 Å². The van der Waals surface area contributed by atoms with Gasteiger partial charge in [-0.1, -0.05) is 6.92 Å². The zero-order valence-corrected chi connectivity index (χ0v) is 8.71. The molecule has 0 aliphatic rings. The van der Waals surface area contributed by atoms with Gasteiger partial charge in [-0.05, 0) is 12.1 Å². The molecule has 1 aromatic heterocycles. The molecule has 1 atom stereocenters. The minimum Gasteiger partial charge on any atom is -0.395 e. The minimum atomic E-state index is 0.00531. The van der Waals surface area contributed by atoms with Crippen molar-refractivity contribution in [1.29, 1.82) is 5.41 Å². The maximum atomic E-state index is 8.89. The maximum absolute atomic E-state index is 8.89. The molecule has 4 N–H and O–H groups in total. The fourth-order valence-electron chi connectivity index (χ4n) is 0.918. The largest absolute Gasteiger partial charge is 0.395 e. The van der Waals surface area contributed by atoms with Crippen LogP contribution >= 0.6 is 11.8 Å². The van der Waals surface area contributed by atoms with E-state index in [1.165, 1.54) is 11.8 Å². The average Bonchev–Trinajstić information content (AvgIpc) is 2.18. The summed E-state index contributed by atoms with van der Waals surface area (Å²) in [6.07, 6.45) is 1.65. The molecule has 1 aromatic rings. The Morgan fingerprint density at radius 3 is 3.07 bits per heavy atom. The normalized spacial score (nSPS) is 12.4. The number of nitrogens with two attached hydrogens (primary N) is 1. The SMILES string of the molecule is CC(CO)Sc1ncccc1C(=N)N. The van der Waals surface area contributed by atoms with E-state index in [9.17, 15) is 0 Å². The van der Waals surface area contributed by atoms with Crippen molar-refractivity contribution in [2.24, 2.45) is 5.73 Å². The second-order valence-electron chi connectivity index (χ2n) is 2.88. The summed E-state index contributed by atoms with van der Waals surface area (Å²) in [6.45, 7) is 1.97. The molecule has 1 heterocycles. The predicted molar refractivity (Wildman–Crippen MR) is 57.7 cm³/mol. The van der Waals surface area contributed by atoms with Crippen LogP contribution in [-0.4, -0.2) is 27.8 Å². The third kappa shape index (κ3) is 2.71. The van der Waals surface area contributed by atoms with Gasteiger partial charge in [0.25, 0.3) is 0 Å². The van der Waals surface area contributed by atoms with E-state index in [-0.39, 0.29) is 17.7 Å². The molecule has 5 heteroatoms. The van der Waals surface area contributed by atoms with Gasteiger partial charge in [-0.2, -0.15) is 0 Å². The molecule has 76 valence electrons. The van der Waals surface area contributed by atoms with Crippen LogP contribution in [0.2, 0.25) is 0 Å². The molecule has 0 amide bonds. The standard InChI is InChI=1S/C9H13N3OS/c1-6(5-13)14-9-7(8(10)11)3-2-4-12-9/h2-4,6,13H,5H2,1H3,(H3,10,11). The van der Waals surface area contributed by atoms with Crippen molar-refractivity contribution >= 4 is 17.6 Å². The maximum Gasteiger partial charge on any atom is 0.125 e. The molecule has 0 fully saturated rings. The Labute approximate surface area is 87.1 Å². The number of pyridine rings is 1. The third-order valence-corrected chi connectivity index (χ3v) is 2.73. The fraction of sp³-hybridized carbons (Fsp3) is 0.333. The van der Waals surface area contributed by atoms with Crippen molar-refractivity contribution in [1.82, 2.24) is 4.98 Å². The van der Waals surface area contributed by atoms with Gasteiger partial charge in [0.05, 0.1) is 6.61 Å². The van der Waals surface area contributed by atoms with Gasteiger partial charge < -0.3 is 10.8 Å². The molecule has 0 aromatic carbocycles. The molecule has 0 bridgehead atoms. The minimum absolute atomic E-state index is 0.00531. The van der Waals surface area contributed by atoms with Crippen LogP contribution in [0.25, 0.3) is 0 Å². The molecule has 0 saturated heterocycles. The second kappa shape index (κ2) is 4.97. The topological polar surface area (TPSA) is 83.0 Å². The van der Waals surface area contributed by atoms with E-state index in [0.717, 1.165) is 0 Å². The average molecular weight is 211 g/mol. The summed E-state index contributed by atoms with van der Waals surface area (Å²) in [5.41, 5.74) is 6.02. The van der Waals surface area contributed by atoms with E-state index in [0.29, 0.717) is 10.6 Å². The number of aliphatic hydroxyl groups is 1. The molecular formula is C9H13N3OS. The van der Waals surface area contributed by atoms with Crippen molar-refractivity contribution < 1.29 is 5.11 Å². The van der Waals surface area contributed by atoms with Crippen LogP contribution in [0, 0.1) is 5.41 Å². The highest BCUT2D eigenvalue weighted by atomic mass is 32.2. The third-order valence-electron chi connectivity index (χ3n) is 1.63. The van der Waals surface area contributed by atoms with Gasteiger partial charge in [-0.15, -0.1) is 11.8 Å². The molecule has 0 spiro atoms. The molecule has 1 rings (SSSR count). The highest BCUT2D eigenvalue weighted by Gasteiger charge is 2.10. The first-order chi connectivity index (χ1) is 6.65. The van der Waals surface area contributed by atoms with Crippen LogP contribution in [0.5, 0.6) is 0 Å². The lowest BCUT2D eigenvalue weighted by Crippen LogP contribution is -2.14. The number of rotatable bonds is 4. The Hall–Kier alpha value is -1.07. The van der Waals surface area contributed by atoms with Crippen molar-refractivity contribution in [3.05, 3.63) is 23.9 Å². The van der Waals surface area contributed by atoms with Crippen LogP contribution < -0.4 is 5.73 Å². The zero-order chi connectivity index (χ0) is 10.6. The molecule has 0 radical (unpaired) electrons. The summed E-state index contributed by atoms with van der Waals surface area (Å²) in [4.78, 5) is 4.12. The predicted octanol–water partition coefficient (Wildman–Crippen LogP) is 0.839. The van der Waals surface area contributed by atoms with Crippen molar-refractivity contribution in [3.8, 4) is 0 Å². The van der Waals surface area contributed by atoms with E-state index in [1.54, 1.807) is 18.3 Å². The van der Waals surface area contributed by atoms with Crippen molar-refractivity contribution in [2.75, 3.05) is 6.61 Å². The van der Waals surface area contributed by atoms with Gasteiger partial charge in [0.1, 0.15) is 10.9 Å². The Balaban J connectivity index is 2.90. The van der Waals surface area contributed by atoms with Crippen molar-refractivity contribution in [3.63, 3.8) is 0 Å². The van der Waals surface area contributed by atoms with Gasteiger partial charge in [-0.3, -0.25) is 5.41 Å². The number of aromatic nitrogens is 1. The van der Waals surface area contributed by atoms with Gasteiger partial charge in [0.2, 0.25) is 0 Å². The fourth-order valence-corrected chi connectivity index (χ4v) is 1.80. The number of aliphatic hydroxyl groups excluding tert-OH is 1. The Morgan fingerprint density at radius 1 is 1.79 bits per heavy atom. The van der Waals surface area contributed by atoms with Gasteiger partial charge in [-0.25, -0.2) is 4.98 Å². The van der Waals surface area contributed by atoms with Crippen LogP contribution in [-0.2, 0) is 0 Å². The summed E-state index contributed by atoms with van der Waals surface area (Å²) in [7, 11) is 0. The van der Waals surface area contributed by atoms with Crippen LogP contribution in [0.15, 0.2) is 23.4 Å². The smallest absolute Gasteiger partial charge is 0.125 e. The number of nitrogens with zero attached hydrogens (tertiary/aromatic N) is 1. The Bertz CT molecular complexity index is 330. The second-order valence-corrected chi connectivity index (χ2v) is 4.31. The number of hydrogen-bond donors (Lipinski definition) is 3. The molecule has 0 aliphatic carbocycles. The summed E-state index contributed by atoms with van der Waals surface area (Å²) >= 11 is 1.42. The monoisotopic (exact) mass is 211 g/mol. The molecule has 0 aliphatic heterocycles. The van der Waals surface area contributed by atoms with E-state index >= 15 is 0 Å². The number of amidine groups is 1. The number of nitrogen functional groups attached to an aromatic ring is 1. The van der Waals surface area contributed by atoms with Gasteiger partial charge >= 0.3 is 0 Å². The quantitative estimate of drug-likeness (QED) is 0.391. The zero-order valence-electron chi connectivity index (χ0n) is 7.90. The van der Waals surface area contributed by atoms with E-state index in [1.807, 2.05) is 6.92 Å². The lowest BCUT2D eigenvalue weighted by molar-refractivity contribution is 0.300. The van der Waals surface area contributed by atoms with Crippen LogP contribution in [0.1, 0.15) is 12.5 Å². The van der Waals surface area contributed by atoms with Crippen LogP contribution in [0.4, 0.5) is 0 Å². The number of nitrogens with one attached hydrogen (secondary N) is 1. The summed E-state index contributed by atoms with van der Waals surface area (Å²) in [6, 6.07) is 3.49. The van der Waals surface area contributed by atoms with Crippen LogP contribution in [0.3, 0.4) is 0 Å². The molecule has 14 heavy (non-hydrogen) atoms.